The maximum Gasteiger partial charge on any atom is 0.416 e. The van der Waals surface area contributed by atoms with Gasteiger partial charge in [-0.1, -0.05) is 13.3 Å². The molecule has 0 aliphatic rings. The smallest absolute Gasteiger partial charge is 0.348 e. The van der Waals surface area contributed by atoms with Crippen LogP contribution < -0.4 is 10.9 Å². The fourth-order valence-electron chi connectivity index (χ4n) is 3.80. The lowest BCUT2D eigenvalue weighted by Crippen LogP contribution is -2.28. The van der Waals surface area contributed by atoms with Gasteiger partial charge in [-0.3, -0.25) is 9.59 Å². The Morgan fingerprint density at radius 3 is 2.55 bits per heavy atom. The Morgan fingerprint density at radius 2 is 1.94 bits per heavy atom. The Morgan fingerprint density at radius 1 is 1.23 bits per heavy atom. The van der Waals surface area contributed by atoms with Crippen molar-refractivity contribution in [2.24, 2.45) is 0 Å². The summed E-state index contributed by atoms with van der Waals surface area (Å²) in [5.74, 6) is -0.653. The Labute approximate surface area is 178 Å². The number of carbonyl (C=O) groups excluding carboxylic acids is 1. The van der Waals surface area contributed by atoms with E-state index in [0.717, 1.165) is 29.8 Å². The summed E-state index contributed by atoms with van der Waals surface area (Å²) >= 11 is 0. The average molecular weight is 433 g/mol. The maximum atomic E-state index is 13.5. The zero-order valence-corrected chi connectivity index (χ0v) is 18.0. The third kappa shape index (κ3) is 4.68. The molecule has 31 heavy (non-hydrogen) atoms. The van der Waals surface area contributed by atoms with Gasteiger partial charge in [-0.15, -0.1) is 0 Å². The van der Waals surface area contributed by atoms with Crippen LogP contribution in [0.5, 0.6) is 0 Å². The quantitative estimate of drug-likeness (QED) is 0.567. The number of halogens is 3. The molecule has 2 N–H and O–H groups in total. The van der Waals surface area contributed by atoms with Gasteiger partial charge in [0, 0.05) is 46.5 Å². The second-order valence-electron chi connectivity index (χ2n) is 7.99. The van der Waals surface area contributed by atoms with Crippen LogP contribution in [0, 0.1) is 6.92 Å². The monoisotopic (exact) mass is 433 g/mol. The molecule has 3 aromatic rings. The van der Waals surface area contributed by atoms with Gasteiger partial charge in [0.1, 0.15) is 0 Å². The summed E-state index contributed by atoms with van der Waals surface area (Å²) in [6.45, 7) is 7.42. The number of amides is 1. The molecule has 0 spiro atoms. The van der Waals surface area contributed by atoms with Crippen LogP contribution in [0.3, 0.4) is 0 Å². The fraction of sp³-hybridized carbons (Fsp3) is 0.391. The Hall–Kier alpha value is -3.03. The van der Waals surface area contributed by atoms with Crippen LogP contribution in [0.1, 0.15) is 66.0 Å². The highest BCUT2D eigenvalue weighted by atomic mass is 19.4. The standard InChI is InChI=1S/C23H26F3N3O2/c1-5-6-15-9-14(4)28-22(31)19(15)12-27-21(30)18-10-16(23(24,25)26)11-20-17(18)7-8-29(20)13(2)3/h7-11,13H,5-6,12H2,1-4H3,(H,27,30)(H,28,31). The van der Waals surface area contributed by atoms with Crippen LogP contribution in [-0.2, 0) is 19.1 Å². The number of hydrogen-bond donors (Lipinski definition) is 2. The lowest BCUT2D eigenvalue weighted by atomic mass is 10.0. The van der Waals surface area contributed by atoms with Gasteiger partial charge < -0.3 is 14.9 Å². The van der Waals surface area contributed by atoms with Crippen LogP contribution in [0.25, 0.3) is 10.9 Å². The lowest BCUT2D eigenvalue weighted by Gasteiger charge is -2.15. The number of benzene rings is 1. The predicted molar refractivity (Wildman–Crippen MR) is 114 cm³/mol. The molecule has 2 aromatic heterocycles. The number of fused-ring (bicyclic) bond motifs is 1. The van der Waals surface area contributed by atoms with Crippen molar-refractivity contribution in [2.75, 3.05) is 0 Å². The lowest BCUT2D eigenvalue weighted by molar-refractivity contribution is -0.137. The molecule has 0 radical (unpaired) electrons. The first-order chi connectivity index (χ1) is 14.5. The first-order valence-corrected chi connectivity index (χ1v) is 10.2. The zero-order chi connectivity index (χ0) is 22.9. The summed E-state index contributed by atoms with van der Waals surface area (Å²) in [4.78, 5) is 28.1. The average Bonchev–Trinajstić information content (AvgIpc) is 3.10. The van der Waals surface area contributed by atoms with Gasteiger partial charge in [-0.2, -0.15) is 13.2 Å². The number of hydrogen-bond acceptors (Lipinski definition) is 2. The van der Waals surface area contributed by atoms with Gasteiger partial charge in [0.25, 0.3) is 11.5 Å². The topological polar surface area (TPSA) is 66.9 Å². The SMILES string of the molecule is CCCc1cc(C)[nH]c(=O)c1CNC(=O)c1cc(C(F)(F)F)cc2c1ccn2C(C)C. The molecule has 0 fully saturated rings. The number of nitrogens with one attached hydrogen (secondary N) is 2. The summed E-state index contributed by atoms with van der Waals surface area (Å²) in [6.07, 6.45) is -1.42. The molecule has 0 atom stereocenters. The second-order valence-corrected chi connectivity index (χ2v) is 7.99. The first kappa shape index (κ1) is 22.7. The Kier molecular flexibility index (Phi) is 6.29. The zero-order valence-electron chi connectivity index (χ0n) is 18.0. The minimum Gasteiger partial charge on any atom is -0.348 e. The Balaban J connectivity index is 2.01. The highest BCUT2D eigenvalue weighted by Gasteiger charge is 2.32. The second kappa shape index (κ2) is 8.61. The molecule has 0 bridgehead atoms. The number of pyridine rings is 1. The number of aromatic amines is 1. The van der Waals surface area contributed by atoms with Crippen molar-refractivity contribution < 1.29 is 18.0 Å². The van der Waals surface area contributed by atoms with Crippen LogP contribution in [0.2, 0.25) is 0 Å². The van der Waals surface area contributed by atoms with Crippen molar-refractivity contribution >= 4 is 16.8 Å². The van der Waals surface area contributed by atoms with Crippen molar-refractivity contribution in [3.05, 3.63) is 68.8 Å². The molecular weight excluding hydrogens is 407 g/mol. The van der Waals surface area contributed by atoms with E-state index in [1.165, 1.54) is 0 Å². The molecule has 166 valence electrons. The van der Waals surface area contributed by atoms with Crippen LogP contribution >= 0.6 is 0 Å². The minimum atomic E-state index is -4.59. The van der Waals surface area contributed by atoms with Gasteiger partial charge >= 0.3 is 6.18 Å². The van der Waals surface area contributed by atoms with E-state index in [1.54, 1.807) is 23.8 Å². The predicted octanol–water partition coefficient (Wildman–Crippen LogP) is 5.12. The number of aromatic nitrogens is 2. The van der Waals surface area contributed by atoms with Crippen molar-refractivity contribution in [3.8, 4) is 0 Å². The number of nitrogens with zero attached hydrogens (tertiary/aromatic N) is 1. The van der Waals surface area contributed by atoms with Crippen molar-refractivity contribution in [3.63, 3.8) is 0 Å². The highest BCUT2D eigenvalue weighted by molar-refractivity contribution is 6.07. The molecule has 0 aliphatic carbocycles. The number of H-pyrrole nitrogens is 1. The number of aryl methyl sites for hydroxylation is 2. The summed E-state index contributed by atoms with van der Waals surface area (Å²) in [7, 11) is 0. The molecular formula is C23H26F3N3O2. The van der Waals surface area contributed by atoms with E-state index in [1.807, 2.05) is 26.8 Å². The van der Waals surface area contributed by atoms with E-state index in [-0.39, 0.29) is 23.7 Å². The van der Waals surface area contributed by atoms with Gasteiger partial charge in [0.05, 0.1) is 5.56 Å². The minimum absolute atomic E-state index is 0.0631. The fourth-order valence-corrected chi connectivity index (χ4v) is 3.80. The summed E-state index contributed by atoms with van der Waals surface area (Å²) in [5, 5.41) is 3.08. The molecule has 1 aromatic carbocycles. The first-order valence-electron chi connectivity index (χ1n) is 10.2. The molecule has 0 aliphatic heterocycles. The molecule has 5 nitrogen and oxygen atoms in total. The summed E-state index contributed by atoms with van der Waals surface area (Å²) in [6, 6.07) is 5.37. The normalized spacial score (nSPS) is 12.0. The molecule has 1 amide bonds. The molecule has 3 rings (SSSR count). The van der Waals surface area contributed by atoms with E-state index in [4.69, 9.17) is 0 Å². The third-order valence-electron chi connectivity index (χ3n) is 5.27. The summed E-state index contributed by atoms with van der Waals surface area (Å²) < 4.78 is 42.2. The van der Waals surface area contributed by atoms with Gasteiger partial charge in [0.15, 0.2) is 0 Å². The molecule has 0 saturated carbocycles. The van der Waals surface area contributed by atoms with Crippen LogP contribution in [-0.4, -0.2) is 15.5 Å². The molecule has 0 unspecified atom stereocenters. The molecule has 2 heterocycles. The van der Waals surface area contributed by atoms with E-state index in [9.17, 15) is 22.8 Å². The molecule has 0 saturated heterocycles. The summed E-state index contributed by atoms with van der Waals surface area (Å²) in [5.41, 5.74) is 1.06. The van der Waals surface area contributed by atoms with Crippen LogP contribution in [0.4, 0.5) is 13.2 Å². The molecule has 8 heteroatoms. The van der Waals surface area contributed by atoms with Crippen molar-refractivity contribution in [2.45, 2.75) is 59.3 Å². The van der Waals surface area contributed by atoms with Crippen LogP contribution in [0.15, 0.2) is 35.3 Å². The number of carbonyl (C=O) groups is 1. The maximum absolute atomic E-state index is 13.5. The van der Waals surface area contributed by atoms with Gasteiger partial charge in [-0.25, -0.2) is 0 Å². The van der Waals surface area contributed by atoms with E-state index in [0.29, 0.717) is 22.9 Å². The highest BCUT2D eigenvalue weighted by Crippen LogP contribution is 2.34. The van der Waals surface area contributed by atoms with Gasteiger partial charge in [-0.05, 0) is 57.0 Å². The van der Waals surface area contributed by atoms with E-state index >= 15 is 0 Å². The number of alkyl halides is 3. The van der Waals surface area contributed by atoms with Crippen molar-refractivity contribution in [1.82, 2.24) is 14.9 Å². The van der Waals surface area contributed by atoms with Gasteiger partial charge in [0.2, 0.25) is 0 Å². The van der Waals surface area contributed by atoms with Crippen molar-refractivity contribution in [1.29, 1.82) is 0 Å². The number of rotatable bonds is 6. The third-order valence-corrected chi connectivity index (χ3v) is 5.27. The van der Waals surface area contributed by atoms with E-state index < -0.39 is 17.6 Å². The van der Waals surface area contributed by atoms with E-state index in [2.05, 4.69) is 10.3 Å². The Bertz CT molecular complexity index is 1170. The largest absolute Gasteiger partial charge is 0.416 e.